The van der Waals surface area contributed by atoms with E-state index in [4.69, 9.17) is 5.11 Å². The molecule has 0 aliphatic carbocycles. The lowest BCUT2D eigenvalue weighted by molar-refractivity contribution is -0.119. The number of halogens is 1. The van der Waals surface area contributed by atoms with Crippen LogP contribution in [-0.4, -0.2) is 30.7 Å². The van der Waals surface area contributed by atoms with Crippen molar-refractivity contribution in [3.05, 3.63) is 30.3 Å². The summed E-state index contributed by atoms with van der Waals surface area (Å²) >= 11 is 0. The van der Waals surface area contributed by atoms with Crippen LogP contribution in [0.2, 0.25) is 0 Å². The average molecular weight is 287 g/mol. The Balaban J connectivity index is 0.00000324. The second-order valence-electron chi connectivity index (χ2n) is 4.31. The second-order valence-corrected chi connectivity index (χ2v) is 4.31. The number of aliphatic hydroxyl groups excluding tert-OH is 1. The lowest BCUT2D eigenvalue weighted by atomic mass is 10.0. The molecule has 4 nitrogen and oxygen atoms in total. The van der Waals surface area contributed by atoms with Crippen molar-refractivity contribution < 1.29 is 9.90 Å². The van der Waals surface area contributed by atoms with Gasteiger partial charge in [-0.1, -0.05) is 31.5 Å². The van der Waals surface area contributed by atoms with Gasteiger partial charge in [-0.2, -0.15) is 0 Å². The fraction of sp³-hybridized carbons (Fsp3) is 0.500. The number of anilines is 1. The molecular formula is C14H23ClN2O2. The third-order valence-corrected chi connectivity index (χ3v) is 2.93. The number of hydrogen-bond donors (Lipinski definition) is 3. The maximum atomic E-state index is 11.6. The summed E-state index contributed by atoms with van der Waals surface area (Å²) in [5.74, 6) is 0.339. The van der Waals surface area contributed by atoms with Gasteiger partial charge >= 0.3 is 0 Å². The summed E-state index contributed by atoms with van der Waals surface area (Å²) in [5.41, 5.74) is 0.940. The van der Waals surface area contributed by atoms with E-state index in [9.17, 15) is 4.79 Å². The summed E-state index contributed by atoms with van der Waals surface area (Å²) in [6.07, 6.45) is 1.70. The first-order chi connectivity index (χ1) is 8.76. The van der Waals surface area contributed by atoms with Gasteiger partial charge < -0.3 is 15.7 Å². The van der Waals surface area contributed by atoms with Crippen LogP contribution in [-0.2, 0) is 4.79 Å². The number of para-hydroxylation sites is 1. The monoisotopic (exact) mass is 286 g/mol. The Kier molecular flexibility index (Phi) is 9.94. The summed E-state index contributed by atoms with van der Waals surface area (Å²) in [6, 6.07) is 9.64. The van der Waals surface area contributed by atoms with Crippen molar-refractivity contribution in [1.82, 2.24) is 5.32 Å². The van der Waals surface area contributed by atoms with Gasteiger partial charge in [0.05, 0.1) is 6.54 Å². The van der Waals surface area contributed by atoms with Gasteiger partial charge in [0, 0.05) is 18.8 Å². The number of nitrogens with one attached hydrogen (secondary N) is 2. The van der Waals surface area contributed by atoms with Crippen LogP contribution in [0.3, 0.4) is 0 Å². The largest absolute Gasteiger partial charge is 0.396 e. The maximum Gasteiger partial charge on any atom is 0.239 e. The molecule has 108 valence electrons. The van der Waals surface area contributed by atoms with Crippen LogP contribution in [0.4, 0.5) is 5.69 Å². The molecule has 1 rings (SSSR count). The molecule has 5 heteroatoms. The zero-order chi connectivity index (χ0) is 13.2. The van der Waals surface area contributed by atoms with Crippen molar-refractivity contribution in [2.75, 3.05) is 25.0 Å². The zero-order valence-corrected chi connectivity index (χ0v) is 12.1. The zero-order valence-electron chi connectivity index (χ0n) is 11.3. The third kappa shape index (κ3) is 7.70. The van der Waals surface area contributed by atoms with Crippen LogP contribution in [0.1, 0.15) is 19.8 Å². The predicted molar refractivity (Wildman–Crippen MR) is 80.7 cm³/mol. The van der Waals surface area contributed by atoms with Gasteiger partial charge in [0.2, 0.25) is 5.91 Å². The van der Waals surface area contributed by atoms with Gasteiger partial charge in [0.1, 0.15) is 0 Å². The average Bonchev–Trinajstić information content (AvgIpc) is 2.42. The quantitative estimate of drug-likeness (QED) is 0.685. The number of carbonyl (C=O) groups is 1. The fourth-order valence-corrected chi connectivity index (χ4v) is 1.69. The molecule has 1 aromatic carbocycles. The smallest absolute Gasteiger partial charge is 0.239 e. The number of benzene rings is 1. The van der Waals surface area contributed by atoms with Crippen molar-refractivity contribution in [1.29, 1.82) is 0 Å². The molecule has 1 amide bonds. The maximum absolute atomic E-state index is 11.6. The van der Waals surface area contributed by atoms with E-state index in [1.807, 2.05) is 30.3 Å². The van der Waals surface area contributed by atoms with Crippen molar-refractivity contribution in [3.8, 4) is 0 Å². The molecule has 19 heavy (non-hydrogen) atoms. The van der Waals surface area contributed by atoms with Crippen LogP contribution in [0.15, 0.2) is 30.3 Å². The molecule has 0 aliphatic rings. The fourth-order valence-electron chi connectivity index (χ4n) is 1.69. The SMILES string of the molecule is CCC(CCO)CNC(=O)CNc1ccccc1.Cl. The molecule has 0 aliphatic heterocycles. The van der Waals surface area contributed by atoms with Crippen LogP contribution < -0.4 is 10.6 Å². The molecule has 0 aromatic heterocycles. The van der Waals surface area contributed by atoms with Gasteiger partial charge in [0.25, 0.3) is 0 Å². The number of hydrogen-bond acceptors (Lipinski definition) is 3. The molecule has 0 heterocycles. The van der Waals surface area contributed by atoms with E-state index in [0.717, 1.165) is 18.5 Å². The number of rotatable bonds is 8. The minimum Gasteiger partial charge on any atom is -0.396 e. The Hall–Kier alpha value is -1.26. The first kappa shape index (κ1) is 17.7. The molecule has 0 spiro atoms. The van der Waals surface area contributed by atoms with Crippen molar-refractivity contribution >= 4 is 24.0 Å². The molecule has 1 unspecified atom stereocenters. The highest BCUT2D eigenvalue weighted by atomic mass is 35.5. The van der Waals surface area contributed by atoms with Crippen LogP contribution in [0, 0.1) is 5.92 Å². The van der Waals surface area contributed by atoms with E-state index in [1.54, 1.807) is 0 Å². The molecule has 1 aromatic rings. The van der Waals surface area contributed by atoms with E-state index in [1.165, 1.54) is 0 Å². The Morgan fingerprint density at radius 2 is 2.00 bits per heavy atom. The van der Waals surface area contributed by atoms with E-state index < -0.39 is 0 Å². The Labute approximate surface area is 121 Å². The normalized spacial score (nSPS) is 11.3. The summed E-state index contributed by atoms with van der Waals surface area (Å²) in [4.78, 5) is 11.6. The summed E-state index contributed by atoms with van der Waals surface area (Å²) in [6.45, 7) is 3.15. The standard InChI is InChI=1S/C14H22N2O2.ClH/c1-2-12(8-9-17)10-16-14(18)11-15-13-6-4-3-5-7-13;/h3-7,12,15,17H,2,8-11H2,1H3,(H,16,18);1H. The van der Waals surface area contributed by atoms with Crippen molar-refractivity contribution in [2.45, 2.75) is 19.8 Å². The predicted octanol–water partition coefficient (Wildman–Crippen LogP) is 2.05. The number of carbonyl (C=O) groups excluding carboxylic acids is 1. The minimum atomic E-state index is -0.0183. The summed E-state index contributed by atoms with van der Waals surface area (Å²) in [7, 11) is 0. The van der Waals surface area contributed by atoms with Crippen molar-refractivity contribution in [3.63, 3.8) is 0 Å². The molecule has 0 bridgehead atoms. The Bertz CT molecular complexity index is 347. The Morgan fingerprint density at radius 3 is 2.58 bits per heavy atom. The van der Waals surface area contributed by atoms with Gasteiger partial charge in [0.15, 0.2) is 0 Å². The van der Waals surface area contributed by atoms with Crippen LogP contribution in [0.25, 0.3) is 0 Å². The van der Waals surface area contributed by atoms with E-state index >= 15 is 0 Å². The lowest BCUT2D eigenvalue weighted by Gasteiger charge is -2.14. The highest BCUT2D eigenvalue weighted by Gasteiger charge is 2.07. The second kappa shape index (κ2) is 10.6. The van der Waals surface area contributed by atoms with Crippen LogP contribution >= 0.6 is 12.4 Å². The third-order valence-electron chi connectivity index (χ3n) is 2.93. The first-order valence-electron chi connectivity index (χ1n) is 6.42. The molecular weight excluding hydrogens is 264 g/mol. The lowest BCUT2D eigenvalue weighted by Crippen LogP contribution is -2.33. The topological polar surface area (TPSA) is 61.4 Å². The molecule has 0 radical (unpaired) electrons. The van der Waals surface area contributed by atoms with E-state index in [2.05, 4.69) is 17.6 Å². The number of aliphatic hydroxyl groups is 1. The summed E-state index contributed by atoms with van der Waals surface area (Å²) in [5, 5.41) is 14.8. The minimum absolute atomic E-state index is 0. The van der Waals surface area contributed by atoms with Gasteiger partial charge in [-0.05, 0) is 24.5 Å². The van der Waals surface area contributed by atoms with E-state index in [-0.39, 0.29) is 31.5 Å². The molecule has 3 N–H and O–H groups in total. The van der Waals surface area contributed by atoms with Gasteiger partial charge in [-0.3, -0.25) is 4.79 Å². The molecule has 0 fully saturated rings. The van der Waals surface area contributed by atoms with E-state index in [0.29, 0.717) is 12.5 Å². The Morgan fingerprint density at radius 1 is 1.32 bits per heavy atom. The molecule has 0 saturated carbocycles. The van der Waals surface area contributed by atoms with Gasteiger partial charge in [-0.15, -0.1) is 12.4 Å². The molecule has 0 saturated heterocycles. The van der Waals surface area contributed by atoms with Crippen LogP contribution in [0.5, 0.6) is 0 Å². The van der Waals surface area contributed by atoms with Gasteiger partial charge in [-0.25, -0.2) is 0 Å². The highest BCUT2D eigenvalue weighted by molar-refractivity contribution is 5.85. The highest BCUT2D eigenvalue weighted by Crippen LogP contribution is 2.06. The number of amides is 1. The first-order valence-corrected chi connectivity index (χ1v) is 6.42. The molecule has 1 atom stereocenters. The van der Waals surface area contributed by atoms with Crippen molar-refractivity contribution in [2.24, 2.45) is 5.92 Å². The summed E-state index contributed by atoms with van der Waals surface area (Å²) < 4.78 is 0.